The van der Waals surface area contributed by atoms with Crippen LogP contribution in [-0.2, 0) is 6.54 Å². The molecule has 3 heterocycles. The fourth-order valence-corrected chi connectivity index (χ4v) is 2.84. The average Bonchev–Trinajstić information content (AvgIpc) is 2.80. The van der Waals surface area contributed by atoms with Gasteiger partial charge in [0.25, 0.3) is 0 Å². The van der Waals surface area contributed by atoms with Gasteiger partial charge in [-0.2, -0.15) is 5.10 Å². The van der Waals surface area contributed by atoms with Crippen molar-refractivity contribution in [3.05, 3.63) is 29.7 Å². The van der Waals surface area contributed by atoms with Gasteiger partial charge >= 0.3 is 0 Å². The summed E-state index contributed by atoms with van der Waals surface area (Å²) >= 11 is 0. The van der Waals surface area contributed by atoms with Gasteiger partial charge < -0.3 is 10.2 Å². The molecule has 2 aromatic heterocycles. The van der Waals surface area contributed by atoms with Crippen molar-refractivity contribution in [3.8, 4) is 0 Å². The second kappa shape index (κ2) is 5.27. The third-order valence-electron chi connectivity index (χ3n) is 3.79. The Balaban J connectivity index is 1.87. The number of nitrogens with zero attached hydrogens (tertiary/aromatic N) is 4. The quantitative estimate of drug-likeness (QED) is 0.901. The number of piperidine rings is 1. The van der Waals surface area contributed by atoms with Crippen molar-refractivity contribution in [3.63, 3.8) is 0 Å². The van der Waals surface area contributed by atoms with Crippen molar-refractivity contribution >= 4 is 5.65 Å². The van der Waals surface area contributed by atoms with E-state index in [0.29, 0.717) is 5.92 Å². The zero-order valence-electron chi connectivity index (χ0n) is 11.6. The van der Waals surface area contributed by atoms with Gasteiger partial charge in [0.15, 0.2) is 5.65 Å². The van der Waals surface area contributed by atoms with Crippen LogP contribution in [0.15, 0.2) is 18.3 Å². The van der Waals surface area contributed by atoms with Gasteiger partial charge in [0.1, 0.15) is 0 Å². The number of rotatable bonds is 3. The van der Waals surface area contributed by atoms with Crippen LogP contribution in [0.1, 0.15) is 30.1 Å². The molecular weight excluding hydrogens is 238 g/mol. The highest BCUT2D eigenvalue weighted by molar-refractivity contribution is 5.39. The first-order valence-corrected chi connectivity index (χ1v) is 6.94. The van der Waals surface area contributed by atoms with Crippen molar-refractivity contribution in [2.24, 2.45) is 0 Å². The van der Waals surface area contributed by atoms with E-state index in [1.54, 1.807) is 0 Å². The fourth-order valence-electron chi connectivity index (χ4n) is 2.84. The van der Waals surface area contributed by atoms with E-state index in [4.69, 9.17) is 5.10 Å². The van der Waals surface area contributed by atoms with Gasteiger partial charge in [-0.15, -0.1) is 0 Å². The molecule has 1 atom stereocenters. The molecule has 1 fully saturated rings. The minimum absolute atomic E-state index is 0.554. The number of fused-ring (bicyclic) bond motifs is 1. The Morgan fingerprint density at radius 2 is 2.32 bits per heavy atom. The van der Waals surface area contributed by atoms with Crippen LogP contribution in [0.25, 0.3) is 5.65 Å². The lowest BCUT2D eigenvalue weighted by molar-refractivity contribution is 0.247. The number of likely N-dealkylation sites (N-methyl/N-ethyl adjacent to an activating group) is 1. The molecular formula is C14H21N5. The Bertz CT molecular complexity index is 562. The van der Waals surface area contributed by atoms with E-state index in [2.05, 4.69) is 34.4 Å². The summed E-state index contributed by atoms with van der Waals surface area (Å²) in [6.07, 6.45) is 4.51. The van der Waals surface area contributed by atoms with Crippen LogP contribution in [0, 0.1) is 0 Å². The van der Waals surface area contributed by atoms with Crippen molar-refractivity contribution in [2.75, 3.05) is 27.2 Å². The fraction of sp³-hybridized carbons (Fsp3) is 0.571. The standard InChI is InChI=1S/C14H21N5/c1-15-8-12-10-19-14(16-12)6-5-13(17-19)11-4-3-7-18(2)9-11/h5-6,10-11,15H,3-4,7-9H2,1-2H3. The minimum atomic E-state index is 0.554. The molecule has 0 saturated carbocycles. The number of nitrogens with one attached hydrogen (secondary N) is 1. The highest BCUT2D eigenvalue weighted by Crippen LogP contribution is 2.24. The smallest absolute Gasteiger partial charge is 0.153 e. The Morgan fingerprint density at radius 1 is 1.42 bits per heavy atom. The Morgan fingerprint density at radius 3 is 3.11 bits per heavy atom. The highest BCUT2D eigenvalue weighted by atomic mass is 15.3. The van der Waals surface area contributed by atoms with E-state index in [0.717, 1.165) is 24.4 Å². The average molecular weight is 259 g/mol. The predicted molar refractivity (Wildman–Crippen MR) is 75.2 cm³/mol. The zero-order chi connectivity index (χ0) is 13.2. The third kappa shape index (κ3) is 2.62. The van der Waals surface area contributed by atoms with Gasteiger partial charge in [-0.05, 0) is 45.6 Å². The molecule has 0 radical (unpaired) electrons. The maximum atomic E-state index is 4.74. The summed E-state index contributed by atoms with van der Waals surface area (Å²) in [6.45, 7) is 3.09. The first-order valence-electron chi connectivity index (χ1n) is 6.94. The van der Waals surface area contributed by atoms with E-state index in [-0.39, 0.29) is 0 Å². The maximum Gasteiger partial charge on any atom is 0.153 e. The largest absolute Gasteiger partial charge is 0.314 e. The summed E-state index contributed by atoms with van der Waals surface area (Å²) in [7, 11) is 4.12. The summed E-state index contributed by atoms with van der Waals surface area (Å²) in [6, 6.07) is 4.21. The summed E-state index contributed by atoms with van der Waals surface area (Å²) < 4.78 is 1.91. The normalized spacial score (nSPS) is 21.1. The molecule has 102 valence electrons. The van der Waals surface area contributed by atoms with Gasteiger partial charge in [0, 0.05) is 19.0 Å². The molecule has 0 bridgehead atoms. The van der Waals surface area contributed by atoms with Gasteiger partial charge in [-0.1, -0.05) is 0 Å². The van der Waals surface area contributed by atoms with Crippen LogP contribution in [-0.4, -0.2) is 46.7 Å². The summed E-state index contributed by atoms with van der Waals surface area (Å²) in [5, 5.41) is 7.85. The molecule has 1 aliphatic rings. The van der Waals surface area contributed by atoms with Crippen molar-refractivity contribution in [2.45, 2.75) is 25.3 Å². The van der Waals surface area contributed by atoms with Gasteiger partial charge in [-0.3, -0.25) is 0 Å². The minimum Gasteiger partial charge on any atom is -0.314 e. The molecule has 5 heteroatoms. The Hall–Kier alpha value is -1.46. The molecule has 1 unspecified atom stereocenters. The number of hydrogen-bond acceptors (Lipinski definition) is 4. The molecule has 19 heavy (non-hydrogen) atoms. The van der Waals surface area contributed by atoms with Crippen LogP contribution in [0.3, 0.4) is 0 Å². The second-order valence-electron chi connectivity index (χ2n) is 5.42. The summed E-state index contributed by atoms with van der Waals surface area (Å²) in [5.41, 5.74) is 3.15. The number of likely N-dealkylation sites (tertiary alicyclic amines) is 1. The van der Waals surface area contributed by atoms with Gasteiger partial charge in [0.05, 0.1) is 17.6 Å². The Labute approximate surface area is 113 Å². The molecule has 3 rings (SSSR count). The SMILES string of the molecule is CNCc1cn2nc(C3CCCN(C)C3)ccc2n1. The topological polar surface area (TPSA) is 45.5 Å². The molecule has 1 aliphatic heterocycles. The molecule has 5 nitrogen and oxygen atoms in total. The van der Waals surface area contributed by atoms with Gasteiger partial charge in [-0.25, -0.2) is 9.50 Å². The zero-order valence-corrected chi connectivity index (χ0v) is 11.6. The van der Waals surface area contributed by atoms with Crippen LogP contribution >= 0.6 is 0 Å². The van der Waals surface area contributed by atoms with E-state index in [9.17, 15) is 0 Å². The Kier molecular flexibility index (Phi) is 3.48. The van der Waals surface area contributed by atoms with E-state index in [1.165, 1.54) is 25.1 Å². The lowest BCUT2D eigenvalue weighted by Crippen LogP contribution is -2.31. The van der Waals surface area contributed by atoms with Gasteiger partial charge in [0.2, 0.25) is 0 Å². The second-order valence-corrected chi connectivity index (χ2v) is 5.42. The third-order valence-corrected chi connectivity index (χ3v) is 3.79. The molecule has 2 aromatic rings. The van der Waals surface area contributed by atoms with E-state index < -0.39 is 0 Å². The first kappa shape index (κ1) is 12.6. The number of aromatic nitrogens is 3. The number of imidazole rings is 1. The monoisotopic (exact) mass is 259 g/mol. The number of hydrogen-bond donors (Lipinski definition) is 1. The highest BCUT2D eigenvalue weighted by Gasteiger charge is 2.20. The predicted octanol–water partition coefficient (Wildman–Crippen LogP) is 1.26. The lowest BCUT2D eigenvalue weighted by Gasteiger charge is -2.29. The van der Waals surface area contributed by atoms with E-state index in [1.807, 2.05) is 17.8 Å². The lowest BCUT2D eigenvalue weighted by atomic mass is 9.95. The summed E-state index contributed by atoms with van der Waals surface area (Å²) in [4.78, 5) is 6.92. The van der Waals surface area contributed by atoms with Crippen molar-refractivity contribution in [1.82, 2.24) is 24.8 Å². The van der Waals surface area contributed by atoms with E-state index >= 15 is 0 Å². The first-order chi connectivity index (χ1) is 9.26. The molecule has 0 amide bonds. The van der Waals surface area contributed by atoms with Crippen LogP contribution < -0.4 is 5.32 Å². The van der Waals surface area contributed by atoms with Crippen molar-refractivity contribution in [1.29, 1.82) is 0 Å². The summed E-state index contributed by atoms with van der Waals surface area (Å²) in [5.74, 6) is 0.554. The van der Waals surface area contributed by atoms with Crippen LogP contribution in [0.5, 0.6) is 0 Å². The molecule has 0 aromatic carbocycles. The van der Waals surface area contributed by atoms with Crippen LogP contribution in [0.2, 0.25) is 0 Å². The van der Waals surface area contributed by atoms with Crippen LogP contribution in [0.4, 0.5) is 0 Å². The molecule has 0 spiro atoms. The maximum absolute atomic E-state index is 4.74. The molecule has 1 saturated heterocycles. The molecule has 1 N–H and O–H groups in total. The molecule has 0 aliphatic carbocycles. The van der Waals surface area contributed by atoms with Crippen molar-refractivity contribution < 1.29 is 0 Å².